The molecule has 1 aromatic carbocycles. The lowest BCUT2D eigenvalue weighted by Crippen LogP contribution is -2.44. The Kier molecular flexibility index (Phi) is 14.8. The number of amides is 2. The SMILES string of the molecule is CC(C)(C)CC[C@H](NC(=O)c1ccc(Oc2cccc(OCC(=O)NCCOCCNc3ncc(-c4ccc5c(n4)N(Cc4cccnc4C#N)C(C)(C)C5=O)cn3)c2)nc1)C(=O)O. The number of hydrogen-bond donors (Lipinski definition) is 4. The lowest BCUT2D eigenvalue weighted by Gasteiger charge is -2.32. The van der Waals surface area contributed by atoms with Crippen molar-refractivity contribution in [2.24, 2.45) is 5.41 Å². The number of rotatable bonds is 20. The molecule has 6 rings (SSSR count). The number of pyridine rings is 3. The van der Waals surface area contributed by atoms with Crippen LogP contribution in [0, 0.1) is 16.7 Å². The van der Waals surface area contributed by atoms with E-state index in [0.717, 1.165) is 0 Å². The summed E-state index contributed by atoms with van der Waals surface area (Å²) < 4.78 is 17.1. The second-order valence-corrected chi connectivity index (χ2v) is 16.6. The van der Waals surface area contributed by atoms with Crippen LogP contribution < -0.4 is 30.3 Å². The molecule has 0 aliphatic carbocycles. The summed E-state index contributed by atoms with van der Waals surface area (Å²) in [5.74, 6) is -0.165. The molecule has 0 bridgehead atoms. The van der Waals surface area contributed by atoms with Gasteiger partial charge >= 0.3 is 5.97 Å². The molecule has 0 unspecified atom stereocenters. The third-order valence-electron chi connectivity index (χ3n) is 10.2. The van der Waals surface area contributed by atoms with Crippen molar-refractivity contribution in [3.63, 3.8) is 0 Å². The fourth-order valence-electron chi connectivity index (χ4n) is 6.57. The molecule has 0 fully saturated rings. The molecule has 4 aromatic heterocycles. The number of nitrogens with one attached hydrogen (secondary N) is 3. The first-order chi connectivity index (χ1) is 30.6. The topological polar surface area (TPSA) is 244 Å². The van der Waals surface area contributed by atoms with E-state index in [-0.39, 0.29) is 54.9 Å². The first-order valence-corrected chi connectivity index (χ1v) is 20.6. The molecule has 4 N–H and O–H groups in total. The number of carbonyl (C=O) groups excluding carboxylic acids is 3. The lowest BCUT2D eigenvalue weighted by atomic mass is 9.88. The Morgan fingerprint density at radius 1 is 0.938 bits per heavy atom. The average Bonchev–Trinajstić information content (AvgIpc) is 3.46. The maximum absolute atomic E-state index is 13.3. The lowest BCUT2D eigenvalue weighted by molar-refractivity contribution is -0.139. The van der Waals surface area contributed by atoms with Gasteiger partial charge in [-0.2, -0.15) is 5.26 Å². The zero-order valence-electron chi connectivity index (χ0n) is 36.3. The highest BCUT2D eigenvalue weighted by Crippen LogP contribution is 2.40. The smallest absolute Gasteiger partial charge is 0.326 e. The van der Waals surface area contributed by atoms with Crippen LogP contribution in [0.5, 0.6) is 17.4 Å². The normalized spacial score (nSPS) is 13.3. The number of ketones is 1. The van der Waals surface area contributed by atoms with Crippen LogP contribution in [-0.2, 0) is 20.9 Å². The highest BCUT2D eigenvalue weighted by Gasteiger charge is 2.45. The Hall–Kier alpha value is -7.52. The molecular formula is C46H50N10O8. The van der Waals surface area contributed by atoms with Crippen LogP contribution in [0.25, 0.3) is 11.3 Å². The van der Waals surface area contributed by atoms with Crippen LogP contribution in [0.15, 0.2) is 85.5 Å². The van der Waals surface area contributed by atoms with Gasteiger partial charge in [-0.1, -0.05) is 32.9 Å². The maximum atomic E-state index is 13.3. The van der Waals surface area contributed by atoms with Gasteiger partial charge in [0, 0.05) is 67.7 Å². The van der Waals surface area contributed by atoms with Gasteiger partial charge in [0.25, 0.3) is 11.8 Å². The summed E-state index contributed by atoms with van der Waals surface area (Å²) in [6.07, 6.45) is 7.08. The van der Waals surface area contributed by atoms with Gasteiger partial charge in [0.1, 0.15) is 35.1 Å². The molecule has 332 valence electrons. The minimum atomic E-state index is -1.10. The summed E-state index contributed by atoms with van der Waals surface area (Å²) in [5.41, 5.74) is 1.99. The van der Waals surface area contributed by atoms with E-state index in [1.54, 1.807) is 61.1 Å². The number of nitriles is 1. The van der Waals surface area contributed by atoms with Gasteiger partial charge in [-0.3, -0.25) is 14.4 Å². The van der Waals surface area contributed by atoms with Crippen LogP contribution in [0.4, 0.5) is 11.8 Å². The summed E-state index contributed by atoms with van der Waals surface area (Å²) in [6, 6.07) is 17.8. The number of hydrogen-bond acceptors (Lipinski definition) is 15. The second-order valence-electron chi connectivity index (χ2n) is 16.6. The van der Waals surface area contributed by atoms with Crippen molar-refractivity contribution in [3.8, 4) is 34.7 Å². The van der Waals surface area contributed by atoms with Gasteiger partial charge in [0.15, 0.2) is 12.4 Å². The van der Waals surface area contributed by atoms with Crippen molar-refractivity contribution in [3.05, 3.63) is 108 Å². The second kappa shape index (κ2) is 20.6. The van der Waals surface area contributed by atoms with Gasteiger partial charge in [0.2, 0.25) is 11.8 Å². The number of carbonyl (C=O) groups is 4. The number of carboxylic acids is 1. The molecule has 5 aromatic rings. The van der Waals surface area contributed by atoms with E-state index in [4.69, 9.17) is 19.2 Å². The molecule has 18 heteroatoms. The van der Waals surface area contributed by atoms with Crippen LogP contribution in [0.3, 0.4) is 0 Å². The van der Waals surface area contributed by atoms with Crippen molar-refractivity contribution >= 4 is 35.3 Å². The van der Waals surface area contributed by atoms with Crippen molar-refractivity contribution in [1.29, 1.82) is 5.26 Å². The Labute approximate surface area is 370 Å². The monoisotopic (exact) mass is 870 g/mol. The number of aromatic nitrogens is 5. The quantitative estimate of drug-likeness (QED) is 0.0695. The number of aliphatic carboxylic acids is 1. The Morgan fingerprint density at radius 3 is 2.42 bits per heavy atom. The van der Waals surface area contributed by atoms with Crippen molar-refractivity contribution < 1.29 is 38.5 Å². The molecule has 1 aliphatic rings. The molecule has 0 spiro atoms. The summed E-state index contributed by atoms with van der Waals surface area (Å²) in [7, 11) is 0. The van der Waals surface area contributed by atoms with Gasteiger partial charge in [-0.15, -0.1) is 0 Å². The molecule has 64 heavy (non-hydrogen) atoms. The zero-order chi connectivity index (χ0) is 45.9. The summed E-state index contributed by atoms with van der Waals surface area (Å²) >= 11 is 0. The largest absolute Gasteiger partial charge is 0.484 e. The number of carboxylic acid groups (broad SMARTS) is 1. The number of benzene rings is 1. The number of nitrogens with zero attached hydrogens (tertiary/aromatic N) is 7. The Morgan fingerprint density at radius 2 is 1.70 bits per heavy atom. The predicted molar refractivity (Wildman–Crippen MR) is 235 cm³/mol. The molecule has 18 nitrogen and oxygen atoms in total. The van der Waals surface area contributed by atoms with Crippen LogP contribution in [0.1, 0.15) is 79.4 Å². The first-order valence-electron chi connectivity index (χ1n) is 20.6. The molecular weight excluding hydrogens is 821 g/mol. The van der Waals surface area contributed by atoms with Gasteiger partial charge in [0.05, 0.1) is 35.6 Å². The predicted octanol–water partition coefficient (Wildman–Crippen LogP) is 5.61. The summed E-state index contributed by atoms with van der Waals surface area (Å²) in [6.45, 7) is 11.0. The van der Waals surface area contributed by atoms with Crippen LogP contribution in [0.2, 0.25) is 0 Å². The van der Waals surface area contributed by atoms with E-state index in [9.17, 15) is 29.5 Å². The molecule has 1 atom stereocenters. The van der Waals surface area contributed by atoms with Crippen LogP contribution >= 0.6 is 0 Å². The van der Waals surface area contributed by atoms with Crippen LogP contribution in [-0.4, -0.2) is 98.1 Å². The van der Waals surface area contributed by atoms with E-state index in [2.05, 4.69) is 42.0 Å². The maximum Gasteiger partial charge on any atom is 0.326 e. The minimum Gasteiger partial charge on any atom is -0.484 e. The number of ether oxygens (including phenoxy) is 3. The highest BCUT2D eigenvalue weighted by molar-refractivity contribution is 6.13. The summed E-state index contributed by atoms with van der Waals surface area (Å²) in [4.78, 5) is 74.0. The van der Waals surface area contributed by atoms with E-state index in [1.165, 1.54) is 18.3 Å². The van der Waals surface area contributed by atoms with Gasteiger partial charge < -0.3 is 40.2 Å². The number of fused-ring (bicyclic) bond motifs is 1. The number of Topliss-reactive ketones (excluding diaryl/α,β-unsaturated/α-hetero) is 1. The van der Waals surface area contributed by atoms with Crippen molar-refractivity contribution in [1.82, 2.24) is 35.6 Å². The number of anilines is 2. The molecule has 5 heterocycles. The Balaban J connectivity index is 0.883. The standard InChI is InChI=1S/C46H50N10O8/c1-45(2,3)16-15-36(43(60)61)55-42(59)29-11-14-39(51-24-29)64-33-10-6-9-32(22-33)63-28-38(57)49-18-20-62-21-19-50-44-52-25-31(26-53-44)35-13-12-34-40(58)46(4,5)56(41(34)54-35)27-30-8-7-17-48-37(30)23-47/h6-14,17,22,24-26,36H,15-16,18-21,27-28H2,1-5H3,(H,49,57)(H,55,59)(H,60,61)(H,50,52,53)/t36-/m0/s1. The van der Waals surface area contributed by atoms with Crippen molar-refractivity contribution in [2.75, 3.05) is 43.1 Å². The van der Waals surface area contributed by atoms with E-state index >= 15 is 0 Å². The molecule has 0 radical (unpaired) electrons. The Bertz CT molecular complexity index is 2500. The fraction of sp³-hybridized carbons (Fsp3) is 0.348. The summed E-state index contributed by atoms with van der Waals surface area (Å²) in [5, 5.41) is 27.5. The van der Waals surface area contributed by atoms with E-state index in [1.807, 2.05) is 45.6 Å². The molecule has 1 aliphatic heterocycles. The third-order valence-corrected chi connectivity index (χ3v) is 10.2. The highest BCUT2D eigenvalue weighted by atomic mass is 16.5. The molecule has 0 saturated heterocycles. The first kappa shape index (κ1) is 46.0. The van der Waals surface area contributed by atoms with Gasteiger partial charge in [-0.25, -0.2) is 29.7 Å². The van der Waals surface area contributed by atoms with E-state index < -0.39 is 23.5 Å². The molecule has 0 saturated carbocycles. The van der Waals surface area contributed by atoms with E-state index in [0.29, 0.717) is 77.3 Å². The zero-order valence-corrected chi connectivity index (χ0v) is 36.3. The van der Waals surface area contributed by atoms with Gasteiger partial charge in [-0.05, 0) is 68.5 Å². The minimum absolute atomic E-state index is 0.0587. The average molecular weight is 871 g/mol. The fourth-order valence-corrected chi connectivity index (χ4v) is 6.57. The molecule has 2 amide bonds. The van der Waals surface area contributed by atoms with Crippen molar-refractivity contribution in [2.45, 2.75) is 65.6 Å². The third kappa shape index (κ3) is 12.1.